The highest BCUT2D eigenvalue weighted by Crippen LogP contribution is 2.35. The van der Waals surface area contributed by atoms with Gasteiger partial charge in [0.25, 0.3) is 0 Å². The standard InChI is InChI=1S/C14H26N2O3/c1-13(2)8-6-7-10(9-13)15-12(19)16(5)14(3,4)11(17)18/h10H,6-9H2,1-5H3,(H,15,19)(H,17,18). The van der Waals surface area contributed by atoms with Crippen molar-refractivity contribution in [1.82, 2.24) is 10.2 Å². The van der Waals surface area contributed by atoms with E-state index in [0.29, 0.717) is 0 Å². The predicted molar refractivity (Wildman–Crippen MR) is 74.0 cm³/mol. The summed E-state index contributed by atoms with van der Waals surface area (Å²) in [6.45, 7) is 7.46. The number of nitrogens with zero attached hydrogens (tertiary/aromatic N) is 1. The highest BCUT2D eigenvalue weighted by molar-refractivity contribution is 5.85. The number of nitrogens with one attached hydrogen (secondary N) is 1. The van der Waals surface area contributed by atoms with E-state index in [1.807, 2.05) is 0 Å². The molecule has 1 atom stereocenters. The fourth-order valence-electron chi connectivity index (χ4n) is 2.49. The van der Waals surface area contributed by atoms with Gasteiger partial charge in [0.05, 0.1) is 0 Å². The van der Waals surface area contributed by atoms with Crippen LogP contribution in [-0.2, 0) is 4.79 Å². The highest BCUT2D eigenvalue weighted by Gasteiger charge is 2.37. The van der Waals surface area contributed by atoms with Gasteiger partial charge < -0.3 is 15.3 Å². The third kappa shape index (κ3) is 3.85. The lowest BCUT2D eigenvalue weighted by Crippen LogP contribution is -2.56. The van der Waals surface area contributed by atoms with Crippen molar-refractivity contribution < 1.29 is 14.7 Å². The smallest absolute Gasteiger partial charge is 0.329 e. The number of rotatable bonds is 3. The Hall–Kier alpha value is -1.26. The van der Waals surface area contributed by atoms with Gasteiger partial charge in [0.1, 0.15) is 5.54 Å². The van der Waals surface area contributed by atoms with Gasteiger partial charge in [-0.15, -0.1) is 0 Å². The van der Waals surface area contributed by atoms with Gasteiger partial charge in [-0.1, -0.05) is 20.3 Å². The van der Waals surface area contributed by atoms with Crippen LogP contribution in [0.5, 0.6) is 0 Å². The lowest BCUT2D eigenvalue weighted by molar-refractivity contribution is -0.146. The van der Waals surface area contributed by atoms with Crippen molar-refractivity contribution in [1.29, 1.82) is 0 Å². The number of hydrogen-bond donors (Lipinski definition) is 2. The molecule has 0 aliphatic heterocycles. The molecule has 2 amide bonds. The van der Waals surface area contributed by atoms with Crippen molar-refractivity contribution in [3.63, 3.8) is 0 Å². The summed E-state index contributed by atoms with van der Waals surface area (Å²) >= 11 is 0. The lowest BCUT2D eigenvalue weighted by Gasteiger charge is -2.38. The second-order valence-corrected chi connectivity index (χ2v) is 6.83. The van der Waals surface area contributed by atoms with Gasteiger partial charge in [0, 0.05) is 13.1 Å². The maximum absolute atomic E-state index is 12.1. The van der Waals surface area contributed by atoms with Crippen molar-refractivity contribution in [3.05, 3.63) is 0 Å². The first-order valence-electron chi connectivity index (χ1n) is 6.84. The predicted octanol–water partition coefficient (Wildman–Crippen LogP) is 2.46. The Morgan fingerprint density at radius 2 is 1.95 bits per heavy atom. The second kappa shape index (κ2) is 5.39. The van der Waals surface area contributed by atoms with Crippen molar-refractivity contribution in [2.75, 3.05) is 7.05 Å². The van der Waals surface area contributed by atoms with E-state index in [0.717, 1.165) is 19.3 Å². The largest absolute Gasteiger partial charge is 0.480 e. The Morgan fingerprint density at radius 1 is 1.37 bits per heavy atom. The number of carbonyl (C=O) groups is 2. The molecule has 1 saturated carbocycles. The van der Waals surface area contributed by atoms with E-state index in [2.05, 4.69) is 19.2 Å². The molecule has 0 radical (unpaired) electrons. The van der Waals surface area contributed by atoms with Crippen LogP contribution >= 0.6 is 0 Å². The summed E-state index contributed by atoms with van der Waals surface area (Å²) in [7, 11) is 1.53. The number of likely N-dealkylation sites (N-methyl/N-ethyl adjacent to an activating group) is 1. The van der Waals surface area contributed by atoms with E-state index in [-0.39, 0.29) is 17.5 Å². The normalized spacial score (nSPS) is 22.7. The van der Waals surface area contributed by atoms with Crippen LogP contribution in [-0.4, -0.2) is 40.6 Å². The van der Waals surface area contributed by atoms with Crippen molar-refractivity contribution in [2.45, 2.75) is 65.0 Å². The fourth-order valence-corrected chi connectivity index (χ4v) is 2.49. The van der Waals surface area contributed by atoms with Crippen LogP contribution in [0.4, 0.5) is 4.79 Å². The molecule has 0 aromatic heterocycles. The molecule has 0 spiro atoms. The Labute approximate surface area is 115 Å². The third-order valence-electron chi connectivity index (χ3n) is 4.20. The molecular weight excluding hydrogens is 244 g/mol. The van der Waals surface area contributed by atoms with Crippen LogP contribution < -0.4 is 5.32 Å². The first kappa shape index (κ1) is 15.8. The summed E-state index contributed by atoms with van der Waals surface area (Å²) in [5, 5.41) is 12.1. The van der Waals surface area contributed by atoms with Gasteiger partial charge in [0.2, 0.25) is 0 Å². The molecule has 1 fully saturated rings. The van der Waals surface area contributed by atoms with Gasteiger partial charge in [-0.25, -0.2) is 9.59 Å². The van der Waals surface area contributed by atoms with Crippen LogP contribution in [0.15, 0.2) is 0 Å². The number of carbonyl (C=O) groups excluding carboxylic acids is 1. The van der Waals surface area contributed by atoms with E-state index < -0.39 is 11.5 Å². The summed E-state index contributed by atoms with van der Waals surface area (Å²) in [5.41, 5.74) is -0.953. The van der Waals surface area contributed by atoms with Gasteiger partial charge in [-0.3, -0.25) is 0 Å². The number of carboxylic acid groups (broad SMARTS) is 1. The van der Waals surface area contributed by atoms with Gasteiger partial charge in [0.15, 0.2) is 0 Å². The van der Waals surface area contributed by atoms with Crippen LogP contribution in [0.1, 0.15) is 53.4 Å². The monoisotopic (exact) mass is 270 g/mol. The van der Waals surface area contributed by atoms with E-state index in [1.54, 1.807) is 0 Å². The molecule has 0 saturated heterocycles. The maximum atomic E-state index is 12.1. The SMILES string of the molecule is CN(C(=O)NC1CCCC(C)(C)C1)C(C)(C)C(=O)O. The maximum Gasteiger partial charge on any atom is 0.329 e. The quantitative estimate of drug-likeness (QED) is 0.827. The minimum absolute atomic E-state index is 0.142. The molecule has 110 valence electrons. The number of aliphatic carboxylic acids is 1. The molecule has 0 bridgehead atoms. The average molecular weight is 270 g/mol. The summed E-state index contributed by atoms with van der Waals surface area (Å²) < 4.78 is 0. The molecule has 19 heavy (non-hydrogen) atoms. The zero-order chi connectivity index (χ0) is 14.8. The summed E-state index contributed by atoms with van der Waals surface area (Å²) in [5.74, 6) is -1.01. The second-order valence-electron chi connectivity index (χ2n) is 6.83. The van der Waals surface area contributed by atoms with Crippen LogP contribution in [0, 0.1) is 5.41 Å². The number of carboxylic acids is 1. The zero-order valence-electron chi connectivity index (χ0n) is 12.6. The fraction of sp³-hybridized carbons (Fsp3) is 0.857. The molecule has 0 aromatic rings. The summed E-state index contributed by atoms with van der Waals surface area (Å²) in [4.78, 5) is 24.5. The van der Waals surface area contributed by atoms with Gasteiger partial charge >= 0.3 is 12.0 Å². The van der Waals surface area contributed by atoms with E-state index in [4.69, 9.17) is 5.11 Å². The Kier molecular flexibility index (Phi) is 4.48. The number of amides is 2. The third-order valence-corrected chi connectivity index (χ3v) is 4.20. The zero-order valence-corrected chi connectivity index (χ0v) is 12.6. The number of hydrogen-bond acceptors (Lipinski definition) is 2. The van der Waals surface area contributed by atoms with Crippen LogP contribution in [0.2, 0.25) is 0 Å². The Balaban J connectivity index is 2.62. The molecule has 5 nitrogen and oxygen atoms in total. The topological polar surface area (TPSA) is 69.6 Å². The molecule has 0 aromatic carbocycles. The molecular formula is C14H26N2O3. The highest BCUT2D eigenvalue weighted by atomic mass is 16.4. The van der Waals surface area contributed by atoms with E-state index >= 15 is 0 Å². The van der Waals surface area contributed by atoms with Crippen molar-refractivity contribution in [2.24, 2.45) is 5.41 Å². The first-order chi connectivity index (χ1) is 8.56. The summed E-state index contributed by atoms with van der Waals surface area (Å²) in [6, 6.07) is -0.168. The Bertz CT molecular complexity index is 364. The molecule has 1 unspecified atom stereocenters. The summed E-state index contributed by atoms with van der Waals surface area (Å²) in [6.07, 6.45) is 4.19. The molecule has 1 rings (SSSR count). The minimum Gasteiger partial charge on any atom is -0.480 e. The van der Waals surface area contributed by atoms with E-state index in [9.17, 15) is 9.59 Å². The first-order valence-corrected chi connectivity index (χ1v) is 6.84. The van der Waals surface area contributed by atoms with Gasteiger partial charge in [-0.2, -0.15) is 0 Å². The van der Waals surface area contributed by atoms with E-state index in [1.165, 1.54) is 32.2 Å². The average Bonchev–Trinajstić information content (AvgIpc) is 2.26. The Morgan fingerprint density at radius 3 is 2.42 bits per heavy atom. The molecule has 1 aliphatic rings. The van der Waals surface area contributed by atoms with Crippen molar-refractivity contribution >= 4 is 12.0 Å². The van der Waals surface area contributed by atoms with Crippen molar-refractivity contribution in [3.8, 4) is 0 Å². The number of urea groups is 1. The molecule has 2 N–H and O–H groups in total. The van der Waals surface area contributed by atoms with Crippen LogP contribution in [0.3, 0.4) is 0 Å². The molecule has 1 aliphatic carbocycles. The van der Waals surface area contributed by atoms with Gasteiger partial charge in [-0.05, 0) is 38.5 Å². The van der Waals surface area contributed by atoms with Crippen LogP contribution in [0.25, 0.3) is 0 Å². The molecule has 0 heterocycles. The lowest BCUT2D eigenvalue weighted by atomic mass is 9.75. The molecule has 5 heteroatoms. The minimum atomic E-state index is -1.20.